The van der Waals surface area contributed by atoms with Gasteiger partial charge in [0, 0.05) is 26.2 Å². The van der Waals surface area contributed by atoms with Gasteiger partial charge in [-0.2, -0.15) is 0 Å². The first kappa shape index (κ1) is 21.4. The van der Waals surface area contributed by atoms with Gasteiger partial charge < -0.3 is 15.7 Å². The fraction of sp³-hybridized carbons (Fsp3) is 0.650. The van der Waals surface area contributed by atoms with E-state index < -0.39 is 0 Å². The molecule has 5 heteroatoms. The van der Waals surface area contributed by atoms with Crippen molar-refractivity contribution >= 4 is 5.96 Å². The first-order valence-corrected chi connectivity index (χ1v) is 9.38. The minimum absolute atomic E-state index is 0.0602. The zero-order valence-corrected chi connectivity index (χ0v) is 16.2. The lowest BCUT2D eigenvalue weighted by Crippen LogP contribution is -2.39. The summed E-state index contributed by atoms with van der Waals surface area (Å²) in [5.74, 6) is 0.606. The third-order valence-electron chi connectivity index (χ3n) is 5.05. The predicted molar refractivity (Wildman–Crippen MR) is 104 cm³/mol. The molecule has 0 saturated carbocycles. The predicted octanol–water partition coefficient (Wildman–Crippen LogP) is 3.42. The molecule has 0 radical (unpaired) electrons. The number of hydrogen-bond acceptors (Lipinski definition) is 2. The van der Waals surface area contributed by atoms with Crippen LogP contribution in [0.15, 0.2) is 23.2 Å². The molecule has 4 nitrogen and oxygen atoms in total. The summed E-state index contributed by atoms with van der Waals surface area (Å²) in [6, 6.07) is 4.92. The van der Waals surface area contributed by atoms with Gasteiger partial charge in [-0.25, -0.2) is 4.39 Å². The van der Waals surface area contributed by atoms with Gasteiger partial charge in [-0.3, -0.25) is 4.99 Å². The second-order valence-corrected chi connectivity index (χ2v) is 6.62. The average molecular weight is 352 g/mol. The Labute approximate surface area is 151 Å². The van der Waals surface area contributed by atoms with Crippen molar-refractivity contribution in [3.05, 3.63) is 35.1 Å². The molecule has 0 aliphatic rings. The number of rotatable bonds is 10. The standard InChI is InChI=1S/C20H34FN3O/c1-5-20(6-2,11-13-25)15-24-19(22-7-3)23-12-10-17-8-9-18(21)14-16(17)4/h8-9,14,25H,5-7,10-13,15H2,1-4H3,(H2,22,23,24). The van der Waals surface area contributed by atoms with Crippen molar-refractivity contribution in [3.8, 4) is 0 Å². The van der Waals surface area contributed by atoms with Gasteiger partial charge in [-0.05, 0) is 68.2 Å². The van der Waals surface area contributed by atoms with E-state index in [1.54, 1.807) is 6.07 Å². The molecule has 0 saturated heterocycles. The van der Waals surface area contributed by atoms with Crippen molar-refractivity contribution in [1.29, 1.82) is 0 Å². The Hall–Kier alpha value is -1.62. The molecule has 0 spiro atoms. The van der Waals surface area contributed by atoms with E-state index >= 15 is 0 Å². The molecule has 0 heterocycles. The van der Waals surface area contributed by atoms with Crippen LogP contribution in [0, 0.1) is 18.2 Å². The first-order chi connectivity index (χ1) is 12.0. The van der Waals surface area contributed by atoms with Gasteiger partial charge in [0.25, 0.3) is 0 Å². The summed E-state index contributed by atoms with van der Waals surface area (Å²) in [5, 5.41) is 16.0. The van der Waals surface area contributed by atoms with Gasteiger partial charge in [-0.15, -0.1) is 0 Å². The van der Waals surface area contributed by atoms with Gasteiger partial charge >= 0.3 is 0 Å². The number of halogens is 1. The number of aliphatic hydroxyl groups excluding tert-OH is 1. The van der Waals surface area contributed by atoms with Crippen LogP contribution in [0.5, 0.6) is 0 Å². The molecule has 0 fully saturated rings. The molecule has 0 aliphatic heterocycles. The van der Waals surface area contributed by atoms with Crippen molar-refractivity contribution in [2.45, 2.75) is 53.4 Å². The SMILES string of the molecule is CCNC(=NCC(CC)(CC)CCO)NCCc1ccc(F)cc1C. The second kappa shape index (κ2) is 11.1. The highest BCUT2D eigenvalue weighted by Crippen LogP contribution is 2.30. The van der Waals surface area contributed by atoms with Gasteiger partial charge in [-0.1, -0.05) is 19.9 Å². The van der Waals surface area contributed by atoms with Crippen LogP contribution in [0.2, 0.25) is 0 Å². The van der Waals surface area contributed by atoms with Crippen LogP contribution in [-0.2, 0) is 6.42 Å². The van der Waals surface area contributed by atoms with Crippen LogP contribution in [0.1, 0.15) is 51.2 Å². The van der Waals surface area contributed by atoms with E-state index in [1.807, 2.05) is 19.9 Å². The maximum absolute atomic E-state index is 13.2. The molecular formula is C20H34FN3O. The molecule has 0 amide bonds. The van der Waals surface area contributed by atoms with Gasteiger partial charge in [0.1, 0.15) is 5.82 Å². The minimum atomic E-state index is -0.191. The zero-order valence-electron chi connectivity index (χ0n) is 16.2. The maximum atomic E-state index is 13.2. The van der Waals surface area contributed by atoms with Crippen molar-refractivity contribution < 1.29 is 9.50 Å². The summed E-state index contributed by atoms with van der Waals surface area (Å²) in [5.41, 5.74) is 2.18. The van der Waals surface area contributed by atoms with Crippen LogP contribution < -0.4 is 10.6 Å². The number of aryl methyl sites for hydroxylation is 1. The number of benzene rings is 1. The highest BCUT2D eigenvalue weighted by Gasteiger charge is 2.25. The Balaban J connectivity index is 2.66. The number of guanidine groups is 1. The number of aliphatic imine (C=N–C) groups is 1. The molecule has 0 unspecified atom stereocenters. The molecule has 25 heavy (non-hydrogen) atoms. The maximum Gasteiger partial charge on any atom is 0.191 e. The summed E-state index contributed by atoms with van der Waals surface area (Å²) in [6.07, 6.45) is 3.60. The lowest BCUT2D eigenvalue weighted by molar-refractivity contribution is 0.175. The third kappa shape index (κ3) is 7.02. The molecule has 0 aromatic heterocycles. The number of hydrogen-bond donors (Lipinski definition) is 3. The van der Waals surface area contributed by atoms with Gasteiger partial charge in [0.05, 0.1) is 0 Å². The Kier molecular flexibility index (Phi) is 9.50. The van der Waals surface area contributed by atoms with E-state index in [2.05, 4.69) is 24.5 Å². The Morgan fingerprint density at radius 2 is 1.92 bits per heavy atom. The zero-order chi connectivity index (χ0) is 18.7. The molecular weight excluding hydrogens is 317 g/mol. The summed E-state index contributed by atoms with van der Waals surface area (Å²) >= 11 is 0. The quantitative estimate of drug-likeness (QED) is 0.447. The number of nitrogens with zero attached hydrogens (tertiary/aromatic N) is 1. The van der Waals surface area contributed by atoms with Crippen LogP contribution >= 0.6 is 0 Å². The summed E-state index contributed by atoms with van der Waals surface area (Å²) in [6.45, 7) is 10.7. The van der Waals surface area contributed by atoms with E-state index in [0.717, 1.165) is 55.9 Å². The van der Waals surface area contributed by atoms with E-state index in [0.29, 0.717) is 6.54 Å². The highest BCUT2D eigenvalue weighted by atomic mass is 19.1. The van der Waals surface area contributed by atoms with E-state index in [1.165, 1.54) is 6.07 Å². The van der Waals surface area contributed by atoms with Crippen LogP contribution in [0.3, 0.4) is 0 Å². The van der Waals surface area contributed by atoms with Crippen molar-refractivity contribution in [3.63, 3.8) is 0 Å². The van der Waals surface area contributed by atoms with Crippen molar-refractivity contribution in [2.24, 2.45) is 10.4 Å². The van der Waals surface area contributed by atoms with Crippen LogP contribution in [0.25, 0.3) is 0 Å². The second-order valence-electron chi connectivity index (χ2n) is 6.62. The topological polar surface area (TPSA) is 56.7 Å². The average Bonchev–Trinajstić information content (AvgIpc) is 2.60. The lowest BCUT2D eigenvalue weighted by atomic mass is 9.79. The summed E-state index contributed by atoms with van der Waals surface area (Å²) in [7, 11) is 0. The van der Waals surface area contributed by atoms with Crippen molar-refractivity contribution in [2.75, 3.05) is 26.2 Å². The van der Waals surface area contributed by atoms with Gasteiger partial charge in [0.2, 0.25) is 0 Å². The fourth-order valence-electron chi connectivity index (χ4n) is 2.99. The van der Waals surface area contributed by atoms with Crippen LogP contribution in [0.4, 0.5) is 4.39 Å². The number of nitrogens with one attached hydrogen (secondary N) is 2. The normalized spacial score (nSPS) is 12.3. The largest absolute Gasteiger partial charge is 0.396 e. The van der Waals surface area contributed by atoms with E-state index in [-0.39, 0.29) is 17.8 Å². The van der Waals surface area contributed by atoms with Gasteiger partial charge in [0.15, 0.2) is 5.96 Å². The van der Waals surface area contributed by atoms with Crippen molar-refractivity contribution in [1.82, 2.24) is 10.6 Å². The Bertz CT molecular complexity index is 542. The lowest BCUT2D eigenvalue weighted by Gasteiger charge is -2.29. The summed E-state index contributed by atoms with van der Waals surface area (Å²) in [4.78, 5) is 4.74. The molecule has 1 rings (SSSR count). The Morgan fingerprint density at radius 1 is 1.20 bits per heavy atom. The van der Waals surface area contributed by atoms with E-state index in [4.69, 9.17) is 4.99 Å². The Morgan fingerprint density at radius 3 is 2.48 bits per heavy atom. The molecule has 0 bridgehead atoms. The number of aliphatic hydroxyl groups is 1. The van der Waals surface area contributed by atoms with Crippen LogP contribution in [-0.4, -0.2) is 37.3 Å². The molecule has 0 atom stereocenters. The summed E-state index contributed by atoms with van der Waals surface area (Å²) < 4.78 is 13.2. The molecule has 142 valence electrons. The smallest absolute Gasteiger partial charge is 0.191 e. The fourth-order valence-corrected chi connectivity index (χ4v) is 2.99. The molecule has 1 aromatic rings. The minimum Gasteiger partial charge on any atom is -0.396 e. The first-order valence-electron chi connectivity index (χ1n) is 9.38. The van der Waals surface area contributed by atoms with E-state index in [9.17, 15) is 9.50 Å². The molecule has 3 N–H and O–H groups in total. The monoisotopic (exact) mass is 351 g/mol. The molecule has 0 aliphatic carbocycles. The highest BCUT2D eigenvalue weighted by molar-refractivity contribution is 5.79. The molecule has 1 aromatic carbocycles. The third-order valence-corrected chi connectivity index (χ3v) is 5.05.